The molecule has 10 heteroatoms. The summed E-state index contributed by atoms with van der Waals surface area (Å²) in [6, 6.07) is 8.93. The van der Waals surface area contributed by atoms with Gasteiger partial charge in [0.15, 0.2) is 0 Å². The highest BCUT2D eigenvalue weighted by molar-refractivity contribution is 7.89. The zero-order valence-corrected chi connectivity index (χ0v) is 19.2. The first-order valence-electron chi connectivity index (χ1n) is 10.0. The minimum absolute atomic E-state index is 0.0435. The number of anilines is 1. The number of rotatable bonds is 5. The van der Waals surface area contributed by atoms with E-state index in [0.717, 1.165) is 28.9 Å². The third kappa shape index (κ3) is 4.70. The lowest BCUT2D eigenvalue weighted by atomic mass is 9.94. The van der Waals surface area contributed by atoms with Crippen LogP contribution in [0.2, 0.25) is 0 Å². The van der Waals surface area contributed by atoms with E-state index in [1.165, 1.54) is 15.8 Å². The van der Waals surface area contributed by atoms with Gasteiger partial charge in [-0.25, -0.2) is 8.42 Å². The molecule has 1 amide bonds. The van der Waals surface area contributed by atoms with Crippen LogP contribution in [-0.4, -0.2) is 41.9 Å². The van der Waals surface area contributed by atoms with Crippen LogP contribution in [0.5, 0.6) is 0 Å². The number of nitrogens with one attached hydrogen (secondary N) is 1. The third-order valence-corrected chi connectivity index (χ3v) is 8.07. The molecule has 31 heavy (non-hydrogen) atoms. The van der Waals surface area contributed by atoms with Gasteiger partial charge in [-0.1, -0.05) is 36.6 Å². The van der Waals surface area contributed by atoms with Crippen LogP contribution in [0, 0.1) is 18.8 Å². The van der Waals surface area contributed by atoms with E-state index in [9.17, 15) is 13.2 Å². The van der Waals surface area contributed by atoms with E-state index in [0.29, 0.717) is 30.8 Å². The molecule has 1 N–H and O–H groups in total. The van der Waals surface area contributed by atoms with Crippen molar-refractivity contribution < 1.29 is 17.6 Å². The number of carbonyl (C=O) groups excluding carboxylic acids is 1. The topological polar surface area (TPSA) is 105 Å². The molecule has 0 radical (unpaired) electrons. The molecule has 0 bridgehead atoms. The number of nitrogens with zero attached hydrogens (tertiary/aromatic N) is 3. The fourth-order valence-corrected chi connectivity index (χ4v) is 6.69. The first-order chi connectivity index (χ1) is 14.7. The maximum Gasteiger partial charge on any atom is 0.322 e. The second-order valence-corrected chi connectivity index (χ2v) is 11.0. The monoisotopic (exact) mass is 460 g/mol. The summed E-state index contributed by atoms with van der Waals surface area (Å²) < 4.78 is 33.1. The summed E-state index contributed by atoms with van der Waals surface area (Å²) in [6.07, 6.45) is 1.01. The predicted molar refractivity (Wildman–Crippen MR) is 118 cm³/mol. The van der Waals surface area contributed by atoms with Crippen molar-refractivity contribution in [2.45, 2.75) is 32.1 Å². The van der Waals surface area contributed by atoms with Gasteiger partial charge < -0.3 is 4.42 Å². The molecule has 164 valence electrons. The van der Waals surface area contributed by atoms with Crippen molar-refractivity contribution in [1.82, 2.24) is 14.5 Å². The normalized spacial score (nSPS) is 20.0. The van der Waals surface area contributed by atoms with Gasteiger partial charge in [0.2, 0.25) is 15.9 Å². The lowest BCUT2D eigenvalue weighted by Crippen LogP contribution is -2.42. The molecule has 0 saturated carbocycles. The highest BCUT2D eigenvalue weighted by atomic mass is 32.2. The molecule has 1 aliphatic rings. The number of thiophene rings is 1. The molecule has 1 fully saturated rings. The van der Waals surface area contributed by atoms with Gasteiger partial charge in [-0.3, -0.25) is 10.1 Å². The van der Waals surface area contributed by atoms with Gasteiger partial charge in [-0.05, 0) is 43.4 Å². The molecular formula is C21H24N4O4S2. The molecule has 1 aromatic carbocycles. The Morgan fingerprint density at radius 1 is 1.19 bits per heavy atom. The van der Waals surface area contributed by atoms with E-state index in [2.05, 4.69) is 29.4 Å². The van der Waals surface area contributed by atoms with Crippen molar-refractivity contribution in [1.29, 1.82) is 0 Å². The molecule has 4 rings (SSSR count). The minimum atomic E-state index is -3.64. The molecule has 1 aliphatic heterocycles. The van der Waals surface area contributed by atoms with Crippen LogP contribution in [-0.2, 0) is 10.0 Å². The van der Waals surface area contributed by atoms with E-state index in [4.69, 9.17) is 4.42 Å². The molecule has 2 aromatic heterocycles. The molecule has 3 aromatic rings. The van der Waals surface area contributed by atoms with Crippen LogP contribution in [0.15, 0.2) is 45.0 Å². The first kappa shape index (κ1) is 21.7. The van der Waals surface area contributed by atoms with Crippen molar-refractivity contribution in [3.05, 3.63) is 46.2 Å². The molecule has 0 unspecified atom stereocenters. The Labute approximate surface area is 185 Å². The maximum atomic E-state index is 13.0. The quantitative estimate of drug-likeness (QED) is 0.616. The predicted octanol–water partition coefficient (Wildman–Crippen LogP) is 4.03. The summed E-state index contributed by atoms with van der Waals surface area (Å²) >= 11 is 1.07. The summed E-state index contributed by atoms with van der Waals surface area (Å²) in [5.74, 6) is 0.410. The summed E-state index contributed by atoms with van der Waals surface area (Å²) in [7, 11) is -3.64. The largest absolute Gasteiger partial charge is 0.403 e. The summed E-state index contributed by atoms with van der Waals surface area (Å²) in [6.45, 7) is 7.05. The number of aromatic nitrogens is 2. The molecular weight excluding hydrogens is 436 g/mol. The van der Waals surface area contributed by atoms with Gasteiger partial charge in [0, 0.05) is 24.0 Å². The average Bonchev–Trinajstić information content (AvgIpc) is 3.37. The first-order valence-corrected chi connectivity index (χ1v) is 12.3. The van der Waals surface area contributed by atoms with E-state index in [-0.39, 0.29) is 15.8 Å². The molecule has 8 nitrogen and oxygen atoms in total. The van der Waals surface area contributed by atoms with Crippen LogP contribution in [0.3, 0.4) is 0 Å². The van der Waals surface area contributed by atoms with Crippen LogP contribution in [0.25, 0.3) is 11.5 Å². The Morgan fingerprint density at radius 3 is 2.65 bits per heavy atom. The van der Waals surface area contributed by atoms with Crippen LogP contribution >= 0.6 is 11.3 Å². The highest BCUT2D eigenvalue weighted by Crippen LogP contribution is 2.29. The Kier molecular flexibility index (Phi) is 5.96. The zero-order valence-electron chi connectivity index (χ0n) is 17.5. The van der Waals surface area contributed by atoms with Gasteiger partial charge in [0.1, 0.15) is 0 Å². The standard InChI is InChI=1S/C21H24N4O4S2/c1-13-5-4-6-16(8-13)20-23-24-21(29-20)22-19(26)18-9-17(12-30-18)31(27,28)25-10-14(2)7-15(3)11-25/h4-6,8-9,12,14-15H,7,10-11H2,1-3H3,(H,22,24,26)/t14-,15+. The molecule has 2 atom stereocenters. The third-order valence-electron chi connectivity index (χ3n) is 5.18. The number of aryl methyl sites for hydroxylation is 1. The van der Waals surface area contributed by atoms with E-state index in [1.54, 1.807) is 0 Å². The second-order valence-electron chi connectivity index (χ2n) is 8.15. The Bertz CT molecular complexity index is 1190. The number of hydrogen-bond donors (Lipinski definition) is 1. The summed E-state index contributed by atoms with van der Waals surface area (Å²) in [5.41, 5.74) is 1.80. The average molecular weight is 461 g/mol. The molecule has 0 spiro atoms. The lowest BCUT2D eigenvalue weighted by molar-refractivity contribution is 0.102. The zero-order chi connectivity index (χ0) is 22.2. The molecule has 0 aliphatic carbocycles. The smallest absolute Gasteiger partial charge is 0.322 e. The van der Waals surface area contributed by atoms with Crippen molar-refractivity contribution in [3.8, 4) is 11.5 Å². The van der Waals surface area contributed by atoms with E-state index < -0.39 is 15.9 Å². The van der Waals surface area contributed by atoms with Gasteiger partial charge >= 0.3 is 6.01 Å². The number of sulfonamides is 1. The number of carbonyl (C=O) groups is 1. The Morgan fingerprint density at radius 2 is 1.94 bits per heavy atom. The number of amides is 1. The van der Waals surface area contributed by atoms with Crippen molar-refractivity contribution >= 4 is 33.3 Å². The van der Waals surface area contributed by atoms with E-state index >= 15 is 0 Å². The minimum Gasteiger partial charge on any atom is -0.403 e. The van der Waals surface area contributed by atoms with Crippen molar-refractivity contribution in [2.24, 2.45) is 11.8 Å². The molecule has 3 heterocycles. The fourth-order valence-electron chi connectivity index (χ4n) is 3.85. The van der Waals surface area contributed by atoms with Crippen molar-refractivity contribution in [3.63, 3.8) is 0 Å². The van der Waals surface area contributed by atoms with Gasteiger partial charge in [0.05, 0.1) is 9.77 Å². The Hall–Kier alpha value is -2.56. The summed E-state index contributed by atoms with van der Waals surface area (Å²) in [4.78, 5) is 13.0. The van der Waals surface area contributed by atoms with Gasteiger partial charge in [-0.2, -0.15) is 4.31 Å². The van der Waals surface area contributed by atoms with Gasteiger partial charge in [-0.15, -0.1) is 16.4 Å². The number of hydrogen-bond acceptors (Lipinski definition) is 7. The van der Waals surface area contributed by atoms with Crippen LogP contribution in [0.4, 0.5) is 6.01 Å². The number of benzene rings is 1. The van der Waals surface area contributed by atoms with Crippen molar-refractivity contribution in [2.75, 3.05) is 18.4 Å². The summed E-state index contributed by atoms with van der Waals surface area (Å²) in [5, 5.41) is 11.9. The number of piperidine rings is 1. The molecule has 1 saturated heterocycles. The lowest BCUT2D eigenvalue weighted by Gasteiger charge is -2.33. The van der Waals surface area contributed by atoms with Gasteiger partial charge in [0.25, 0.3) is 5.91 Å². The maximum absolute atomic E-state index is 13.0. The SMILES string of the molecule is Cc1cccc(-c2nnc(NC(=O)c3cc(S(=O)(=O)N4C[C@H](C)C[C@H](C)C4)cs3)o2)c1. The Balaban J connectivity index is 1.47. The van der Waals surface area contributed by atoms with Crippen LogP contribution < -0.4 is 5.32 Å². The van der Waals surface area contributed by atoms with Crippen LogP contribution in [0.1, 0.15) is 35.5 Å². The van der Waals surface area contributed by atoms with E-state index in [1.807, 2.05) is 31.2 Å². The second kappa shape index (κ2) is 8.52. The fraction of sp³-hybridized carbons (Fsp3) is 0.381. The highest BCUT2D eigenvalue weighted by Gasteiger charge is 2.32.